The first-order chi connectivity index (χ1) is 6.91. The minimum absolute atomic E-state index is 0.122. The molecule has 5 heteroatoms. The molecule has 0 saturated carbocycles. The third kappa shape index (κ3) is 2.78. The van der Waals surface area contributed by atoms with E-state index < -0.39 is 29.8 Å². The average molecular weight is 220 g/mol. The lowest BCUT2D eigenvalue weighted by Crippen LogP contribution is -1.98. The molecule has 0 heterocycles. The van der Waals surface area contributed by atoms with E-state index in [4.69, 9.17) is 0 Å². The van der Waals surface area contributed by atoms with E-state index in [0.717, 1.165) is 19.1 Å². The Morgan fingerprint density at radius 1 is 1.00 bits per heavy atom. The fourth-order valence-electron chi connectivity index (χ4n) is 1.13. The number of ketones is 1. The van der Waals surface area contributed by atoms with Crippen molar-refractivity contribution in [2.75, 3.05) is 0 Å². The topological polar surface area (TPSA) is 17.1 Å². The number of hydrogen-bond acceptors (Lipinski definition) is 1. The number of hydrogen-bond donors (Lipinski definition) is 0. The van der Waals surface area contributed by atoms with Gasteiger partial charge in [-0.1, -0.05) is 0 Å². The molecular formula is C10H8F4O. The van der Waals surface area contributed by atoms with Gasteiger partial charge < -0.3 is 0 Å². The van der Waals surface area contributed by atoms with Gasteiger partial charge in [0.1, 0.15) is 0 Å². The third-order valence-corrected chi connectivity index (χ3v) is 1.89. The Kier molecular flexibility index (Phi) is 3.44. The zero-order valence-corrected chi connectivity index (χ0v) is 7.81. The number of rotatable bonds is 3. The maximum absolute atomic E-state index is 12.3. The molecule has 0 atom stereocenters. The maximum Gasteiger partial charge on any atom is 0.263 e. The van der Waals surface area contributed by atoms with E-state index in [1.165, 1.54) is 0 Å². The van der Waals surface area contributed by atoms with Gasteiger partial charge in [-0.15, -0.1) is 0 Å². The van der Waals surface area contributed by atoms with E-state index in [1.807, 2.05) is 0 Å². The second-order valence-corrected chi connectivity index (χ2v) is 3.05. The van der Waals surface area contributed by atoms with Crippen molar-refractivity contribution in [1.82, 2.24) is 0 Å². The van der Waals surface area contributed by atoms with Crippen LogP contribution in [-0.4, -0.2) is 5.78 Å². The Balaban J connectivity index is 3.26. The van der Waals surface area contributed by atoms with E-state index >= 15 is 0 Å². The molecule has 0 N–H and O–H groups in total. The van der Waals surface area contributed by atoms with Gasteiger partial charge in [0.15, 0.2) is 5.78 Å². The van der Waals surface area contributed by atoms with Crippen LogP contribution in [0, 0.1) is 0 Å². The van der Waals surface area contributed by atoms with Gasteiger partial charge in [-0.2, -0.15) is 0 Å². The lowest BCUT2D eigenvalue weighted by molar-refractivity contribution is 0.101. The molecule has 0 aliphatic heterocycles. The van der Waals surface area contributed by atoms with Crippen molar-refractivity contribution in [1.29, 1.82) is 0 Å². The van der Waals surface area contributed by atoms with Gasteiger partial charge in [0.25, 0.3) is 12.9 Å². The third-order valence-electron chi connectivity index (χ3n) is 1.89. The van der Waals surface area contributed by atoms with Crippen LogP contribution in [0.3, 0.4) is 0 Å². The van der Waals surface area contributed by atoms with Gasteiger partial charge in [-0.25, -0.2) is 17.6 Å². The van der Waals surface area contributed by atoms with Crippen LogP contribution in [0.25, 0.3) is 0 Å². The molecule has 0 amide bonds. The summed E-state index contributed by atoms with van der Waals surface area (Å²) in [6.07, 6.45) is -5.72. The van der Waals surface area contributed by atoms with Crippen molar-refractivity contribution in [3.05, 3.63) is 34.9 Å². The van der Waals surface area contributed by atoms with Crippen molar-refractivity contribution < 1.29 is 22.4 Å². The maximum atomic E-state index is 12.3. The summed E-state index contributed by atoms with van der Waals surface area (Å²) in [6.45, 7) is 1.14. The Morgan fingerprint density at radius 2 is 1.40 bits per heavy atom. The van der Waals surface area contributed by atoms with Crippen molar-refractivity contribution in [2.24, 2.45) is 0 Å². The lowest BCUT2D eigenvalue weighted by Gasteiger charge is -2.06. The highest BCUT2D eigenvalue weighted by atomic mass is 19.3. The van der Waals surface area contributed by atoms with Gasteiger partial charge in [-0.3, -0.25) is 4.79 Å². The second-order valence-electron chi connectivity index (χ2n) is 3.05. The fraction of sp³-hybridized carbons (Fsp3) is 0.300. The van der Waals surface area contributed by atoms with Crippen molar-refractivity contribution in [3.8, 4) is 0 Å². The monoisotopic (exact) mass is 220 g/mol. The van der Waals surface area contributed by atoms with E-state index in [-0.39, 0.29) is 5.56 Å². The summed E-state index contributed by atoms with van der Waals surface area (Å²) in [5.74, 6) is -0.514. The van der Waals surface area contributed by atoms with Crippen LogP contribution < -0.4 is 0 Å². The van der Waals surface area contributed by atoms with E-state index in [0.29, 0.717) is 6.07 Å². The van der Waals surface area contributed by atoms with Crippen molar-refractivity contribution in [2.45, 2.75) is 19.8 Å². The molecule has 0 aliphatic rings. The molecule has 0 saturated heterocycles. The highest BCUT2D eigenvalue weighted by molar-refractivity contribution is 5.94. The summed E-state index contributed by atoms with van der Waals surface area (Å²) in [4.78, 5) is 10.9. The number of Topliss-reactive ketones (excluding diaryl/α,β-unsaturated/α-hetero) is 1. The number of carbonyl (C=O) groups is 1. The quantitative estimate of drug-likeness (QED) is 0.559. The molecule has 0 fully saturated rings. The van der Waals surface area contributed by atoms with Crippen molar-refractivity contribution in [3.63, 3.8) is 0 Å². The Labute approximate surface area is 83.7 Å². The molecule has 15 heavy (non-hydrogen) atoms. The summed E-state index contributed by atoms with van der Waals surface area (Å²) in [5.41, 5.74) is -1.24. The molecule has 1 rings (SSSR count). The summed E-state index contributed by atoms with van der Waals surface area (Å²) in [7, 11) is 0. The smallest absolute Gasteiger partial charge is 0.263 e. The van der Waals surface area contributed by atoms with Gasteiger partial charge in [0, 0.05) is 16.7 Å². The molecule has 0 radical (unpaired) electrons. The molecule has 1 aromatic rings. The normalized spacial score (nSPS) is 11.1. The van der Waals surface area contributed by atoms with Crippen LogP contribution >= 0.6 is 0 Å². The summed E-state index contributed by atoms with van der Waals surface area (Å²) in [6, 6.07) is 2.57. The molecule has 0 unspecified atom stereocenters. The first kappa shape index (κ1) is 11.7. The molecule has 0 aliphatic carbocycles. The van der Waals surface area contributed by atoms with E-state index in [9.17, 15) is 22.4 Å². The van der Waals surface area contributed by atoms with E-state index in [1.54, 1.807) is 0 Å². The average Bonchev–Trinajstić information content (AvgIpc) is 2.16. The standard InChI is InChI=1S/C10H8F4O/c1-5(15)6-2-7(9(11)12)4-8(3-6)10(13)14/h2-4,9-10H,1H3. The lowest BCUT2D eigenvalue weighted by atomic mass is 10.0. The number of carbonyl (C=O) groups excluding carboxylic acids is 1. The van der Waals surface area contributed by atoms with Gasteiger partial charge in [-0.05, 0) is 25.1 Å². The van der Waals surface area contributed by atoms with Crippen molar-refractivity contribution >= 4 is 5.78 Å². The van der Waals surface area contributed by atoms with Crippen LogP contribution in [-0.2, 0) is 0 Å². The molecule has 1 nitrogen and oxygen atoms in total. The zero-order valence-electron chi connectivity index (χ0n) is 7.81. The van der Waals surface area contributed by atoms with Crippen LogP contribution in [0.1, 0.15) is 41.3 Å². The Morgan fingerprint density at radius 3 is 1.67 bits per heavy atom. The number of alkyl halides is 4. The summed E-state index contributed by atoms with van der Waals surface area (Å²) in [5, 5.41) is 0. The molecule has 0 aromatic heterocycles. The molecule has 1 aromatic carbocycles. The highest BCUT2D eigenvalue weighted by Gasteiger charge is 2.16. The second kappa shape index (κ2) is 4.42. The summed E-state index contributed by atoms with van der Waals surface area (Å²) >= 11 is 0. The van der Waals surface area contributed by atoms with Gasteiger partial charge in [0.05, 0.1) is 0 Å². The Bertz CT molecular complexity index is 347. The highest BCUT2D eigenvalue weighted by Crippen LogP contribution is 2.27. The summed E-state index contributed by atoms with van der Waals surface area (Å²) < 4.78 is 49.2. The van der Waals surface area contributed by atoms with Crippen LogP contribution in [0.5, 0.6) is 0 Å². The zero-order chi connectivity index (χ0) is 11.6. The van der Waals surface area contributed by atoms with Gasteiger partial charge >= 0.3 is 0 Å². The minimum Gasteiger partial charge on any atom is -0.295 e. The van der Waals surface area contributed by atoms with E-state index in [2.05, 4.69) is 0 Å². The fourth-order valence-corrected chi connectivity index (χ4v) is 1.13. The van der Waals surface area contributed by atoms with Gasteiger partial charge in [0.2, 0.25) is 0 Å². The molecular weight excluding hydrogens is 212 g/mol. The predicted octanol–water partition coefficient (Wildman–Crippen LogP) is 3.76. The number of benzene rings is 1. The largest absolute Gasteiger partial charge is 0.295 e. The Hall–Kier alpha value is -1.39. The molecule has 0 spiro atoms. The SMILES string of the molecule is CC(=O)c1cc(C(F)F)cc(C(F)F)c1. The number of halogens is 4. The molecule has 82 valence electrons. The minimum atomic E-state index is -2.86. The van der Waals surface area contributed by atoms with Crippen LogP contribution in [0.4, 0.5) is 17.6 Å². The first-order valence-corrected chi connectivity index (χ1v) is 4.14. The molecule has 0 bridgehead atoms. The first-order valence-electron chi connectivity index (χ1n) is 4.14. The van der Waals surface area contributed by atoms with Crippen LogP contribution in [0.2, 0.25) is 0 Å². The predicted molar refractivity (Wildman–Crippen MR) is 46.4 cm³/mol. The van der Waals surface area contributed by atoms with Crippen LogP contribution in [0.15, 0.2) is 18.2 Å².